The van der Waals surface area contributed by atoms with Crippen LogP contribution < -0.4 is 16.0 Å². The first-order valence-corrected chi connectivity index (χ1v) is 9.29. The van der Waals surface area contributed by atoms with E-state index in [-0.39, 0.29) is 5.56 Å². The van der Waals surface area contributed by atoms with E-state index in [1.165, 1.54) is 18.2 Å². The van der Waals surface area contributed by atoms with Crippen LogP contribution >= 0.6 is 0 Å². The molecule has 0 unspecified atom stereocenters. The van der Waals surface area contributed by atoms with Crippen molar-refractivity contribution in [2.24, 2.45) is 0 Å². The van der Waals surface area contributed by atoms with E-state index in [1.54, 1.807) is 36.5 Å². The maximum absolute atomic E-state index is 12.8. The van der Waals surface area contributed by atoms with E-state index in [2.05, 4.69) is 30.9 Å². The Balaban J connectivity index is 1.43. The minimum absolute atomic E-state index is 0.134. The first-order valence-electron chi connectivity index (χ1n) is 9.29. The van der Waals surface area contributed by atoms with Gasteiger partial charge in [-0.1, -0.05) is 12.1 Å². The molecule has 2 heterocycles. The van der Waals surface area contributed by atoms with Crippen LogP contribution in [-0.4, -0.2) is 27.0 Å². The quantitative estimate of drug-likeness (QED) is 0.332. The molecule has 0 aliphatic heterocycles. The lowest BCUT2D eigenvalue weighted by atomic mass is 10.2. The second-order valence-electron chi connectivity index (χ2n) is 6.49. The molecule has 31 heavy (non-hydrogen) atoms. The first kappa shape index (κ1) is 19.8. The Morgan fingerprint density at radius 1 is 0.871 bits per heavy atom. The van der Waals surface area contributed by atoms with Crippen LogP contribution in [-0.2, 0) is 0 Å². The number of hydrogen-bond donors (Lipinski definition) is 4. The Hall–Kier alpha value is -4.53. The average Bonchev–Trinajstić information content (AvgIpc) is 3.29. The Morgan fingerprint density at radius 3 is 2.35 bits per heavy atom. The minimum atomic E-state index is -1.56. The van der Waals surface area contributed by atoms with Crippen molar-refractivity contribution in [3.05, 3.63) is 84.7 Å². The molecule has 0 saturated carbocycles. The number of carbonyl (C=O) groups is 2. The lowest BCUT2D eigenvalue weighted by molar-refractivity contribution is 0.0836. The summed E-state index contributed by atoms with van der Waals surface area (Å²) in [5, 5.41) is 8.35. The summed E-state index contributed by atoms with van der Waals surface area (Å²) in [7, 11) is 0. The molecular weight excluding hydrogens is 399 g/mol. The van der Waals surface area contributed by atoms with E-state index in [0.29, 0.717) is 23.0 Å². The summed E-state index contributed by atoms with van der Waals surface area (Å²) >= 11 is 0. The number of aromatic nitrogens is 3. The number of amides is 2. The molecule has 2 aromatic carbocycles. The highest BCUT2D eigenvalue weighted by Crippen LogP contribution is 2.21. The van der Waals surface area contributed by atoms with Gasteiger partial charge in [0, 0.05) is 29.5 Å². The summed E-state index contributed by atoms with van der Waals surface area (Å²) in [6.45, 7) is 0. The monoisotopic (exact) mass is 416 g/mol. The van der Waals surface area contributed by atoms with Crippen LogP contribution in [0.3, 0.4) is 0 Å². The fraction of sp³-hybridized carbons (Fsp3) is 0. The zero-order valence-corrected chi connectivity index (χ0v) is 16.1. The molecule has 9 heteroatoms. The third kappa shape index (κ3) is 5.10. The van der Waals surface area contributed by atoms with E-state index < -0.39 is 12.1 Å². The number of urea groups is 1. The van der Waals surface area contributed by atoms with Gasteiger partial charge in [0.1, 0.15) is 0 Å². The second kappa shape index (κ2) is 8.87. The van der Waals surface area contributed by atoms with Crippen molar-refractivity contribution < 1.29 is 14.0 Å². The van der Waals surface area contributed by atoms with Crippen molar-refractivity contribution in [2.45, 2.75) is 0 Å². The number of nitrogens with one attached hydrogen (secondary N) is 4. The van der Waals surface area contributed by atoms with Crippen molar-refractivity contribution in [1.29, 1.82) is 0 Å². The van der Waals surface area contributed by atoms with Crippen LogP contribution in [0.1, 0.15) is 10.4 Å². The van der Waals surface area contributed by atoms with Crippen molar-refractivity contribution in [3.63, 3.8) is 0 Å². The van der Waals surface area contributed by atoms with Gasteiger partial charge in [-0.05, 0) is 54.6 Å². The van der Waals surface area contributed by atoms with Gasteiger partial charge in [-0.25, -0.2) is 14.8 Å². The van der Waals surface area contributed by atoms with Crippen LogP contribution in [0.15, 0.2) is 79.1 Å². The molecule has 0 fully saturated rings. The lowest BCUT2D eigenvalue weighted by Gasteiger charge is -2.10. The molecule has 0 atom stereocenters. The van der Waals surface area contributed by atoms with Gasteiger partial charge in [-0.3, -0.25) is 4.79 Å². The average molecular weight is 416 g/mol. The number of halogens is 1. The molecule has 0 aliphatic rings. The Labute approximate surface area is 176 Å². The number of nitrogens with zero attached hydrogens (tertiary/aromatic N) is 2. The standard InChI is InChI=1S/C22H17FN6O2/c23-20(30)14-4-1-5-15(12-14)27-22(31)28-17-7-2-6-16(13-17)26-21-25-11-9-19(29-21)18-8-3-10-24-18/h1-13,24H,(H,25,26,29)(H2,27,28,31). The molecule has 0 radical (unpaired) electrons. The number of hydrogen-bond acceptors (Lipinski definition) is 5. The third-order valence-corrected chi connectivity index (χ3v) is 4.25. The summed E-state index contributed by atoms with van der Waals surface area (Å²) in [5.74, 6) is 0.404. The molecular formula is C22H17FN6O2. The zero-order chi connectivity index (χ0) is 21.6. The van der Waals surface area contributed by atoms with Crippen LogP contribution in [0, 0.1) is 0 Å². The van der Waals surface area contributed by atoms with Gasteiger partial charge >= 0.3 is 12.1 Å². The SMILES string of the molecule is O=C(Nc1cccc(Nc2nccc(-c3ccc[nH]3)n2)c1)Nc1cccc(C(=O)F)c1. The molecule has 0 bridgehead atoms. The number of H-pyrrole nitrogens is 1. The summed E-state index contributed by atoms with van der Waals surface area (Å²) in [6.07, 6.45) is 3.47. The summed E-state index contributed by atoms with van der Waals surface area (Å²) in [6, 6.07) is 16.1. The molecule has 4 aromatic rings. The van der Waals surface area contributed by atoms with Crippen molar-refractivity contribution in [3.8, 4) is 11.4 Å². The molecule has 0 aliphatic carbocycles. The van der Waals surface area contributed by atoms with Crippen LogP contribution in [0.5, 0.6) is 0 Å². The summed E-state index contributed by atoms with van der Waals surface area (Å²) < 4.78 is 12.8. The summed E-state index contributed by atoms with van der Waals surface area (Å²) in [5.41, 5.74) is 2.96. The van der Waals surface area contributed by atoms with Crippen LogP contribution in [0.25, 0.3) is 11.4 Å². The largest absolute Gasteiger partial charge is 0.360 e. The highest BCUT2D eigenvalue weighted by atomic mass is 19.1. The number of carbonyl (C=O) groups excluding carboxylic acids is 2. The van der Waals surface area contributed by atoms with Gasteiger partial charge in [-0.2, -0.15) is 4.39 Å². The lowest BCUT2D eigenvalue weighted by Crippen LogP contribution is -2.19. The minimum Gasteiger partial charge on any atom is -0.360 e. The third-order valence-electron chi connectivity index (χ3n) is 4.25. The zero-order valence-electron chi connectivity index (χ0n) is 16.1. The number of aromatic amines is 1. The van der Waals surface area contributed by atoms with Gasteiger partial charge in [0.25, 0.3) is 0 Å². The number of anilines is 4. The van der Waals surface area contributed by atoms with Crippen LogP contribution in [0.4, 0.5) is 32.2 Å². The van der Waals surface area contributed by atoms with Crippen molar-refractivity contribution in [2.75, 3.05) is 16.0 Å². The highest BCUT2D eigenvalue weighted by molar-refractivity contribution is 6.01. The second-order valence-corrected chi connectivity index (χ2v) is 6.49. The van der Waals surface area contributed by atoms with Gasteiger partial charge in [0.2, 0.25) is 5.95 Å². The van der Waals surface area contributed by atoms with E-state index in [9.17, 15) is 14.0 Å². The van der Waals surface area contributed by atoms with Gasteiger partial charge in [0.05, 0.1) is 17.0 Å². The number of benzene rings is 2. The topological polar surface area (TPSA) is 112 Å². The Bertz CT molecular complexity index is 1230. The molecule has 2 aromatic heterocycles. The molecule has 4 N–H and O–H groups in total. The van der Waals surface area contributed by atoms with Gasteiger partial charge < -0.3 is 20.9 Å². The van der Waals surface area contributed by atoms with Crippen molar-refractivity contribution in [1.82, 2.24) is 15.0 Å². The first-order chi connectivity index (χ1) is 15.1. The van der Waals surface area contributed by atoms with E-state index in [0.717, 1.165) is 11.4 Å². The molecule has 0 saturated heterocycles. The number of rotatable bonds is 6. The summed E-state index contributed by atoms with van der Waals surface area (Å²) in [4.78, 5) is 34.9. The van der Waals surface area contributed by atoms with Crippen LogP contribution in [0.2, 0.25) is 0 Å². The molecule has 4 rings (SSSR count). The van der Waals surface area contributed by atoms with Gasteiger partial charge in [0.15, 0.2) is 0 Å². The Morgan fingerprint density at radius 2 is 1.61 bits per heavy atom. The van der Waals surface area contributed by atoms with Gasteiger partial charge in [-0.15, -0.1) is 0 Å². The highest BCUT2D eigenvalue weighted by Gasteiger charge is 2.08. The fourth-order valence-corrected chi connectivity index (χ4v) is 2.88. The predicted molar refractivity (Wildman–Crippen MR) is 116 cm³/mol. The molecule has 154 valence electrons. The fourth-order valence-electron chi connectivity index (χ4n) is 2.88. The Kier molecular flexibility index (Phi) is 5.66. The smallest absolute Gasteiger partial charge is 0.332 e. The van der Waals surface area contributed by atoms with E-state index >= 15 is 0 Å². The molecule has 0 spiro atoms. The van der Waals surface area contributed by atoms with E-state index in [1.807, 2.05) is 24.4 Å². The maximum Gasteiger partial charge on any atom is 0.332 e. The van der Waals surface area contributed by atoms with Crippen molar-refractivity contribution >= 4 is 35.1 Å². The molecule has 2 amide bonds. The maximum atomic E-state index is 12.8. The predicted octanol–water partition coefficient (Wildman–Crippen LogP) is 4.97. The van der Waals surface area contributed by atoms with E-state index in [4.69, 9.17) is 0 Å². The molecule has 8 nitrogen and oxygen atoms in total. The normalized spacial score (nSPS) is 10.4.